The first-order valence-corrected chi connectivity index (χ1v) is 11.2. The molecule has 1 saturated heterocycles. The summed E-state index contributed by atoms with van der Waals surface area (Å²) in [6.07, 6.45) is -6.64. The standard InChI is InChI=1S/C12H14O7S.5C2H4O2/c13-6-8-9(14)10(15)11(16)12(17,18-8)19-20-7-4-2-1-3-5-7;5*1-2(3)4/h1-6,8-11,14-17H;5*1H3,(H,3,4)/t8-,9-,10+,11-,12-;;;;;/m1...../s1. The lowest BCUT2D eigenvalue weighted by Crippen LogP contribution is -2.65. The number of aliphatic hydroxyl groups excluding tert-OH is 3. The Morgan fingerprint density at radius 2 is 1.07 bits per heavy atom. The summed E-state index contributed by atoms with van der Waals surface area (Å²) in [5.41, 5.74) is 0. The highest BCUT2D eigenvalue weighted by atomic mass is 32.2. The zero-order chi connectivity index (χ0) is 32.6. The van der Waals surface area contributed by atoms with Gasteiger partial charge in [-0.05, 0) is 12.1 Å². The molecule has 1 aromatic rings. The average molecular weight is 603 g/mol. The lowest BCUT2D eigenvalue weighted by atomic mass is 9.98. The molecule has 1 aliphatic rings. The topological polar surface area (TPSA) is 303 Å². The molecule has 230 valence electrons. The van der Waals surface area contributed by atoms with Crippen LogP contribution in [-0.4, -0.2) is 112 Å². The molecule has 9 N–H and O–H groups in total. The van der Waals surface area contributed by atoms with Crippen LogP contribution in [0.15, 0.2) is 35.2 Å². The molecule has 2 rings (SSSR count). The van der Waals surface area contributed by atoms with Gasteiger partial charge in [0, 0.05) is 51.6 Å². The Morgan fingerprint density at radius 1 is 0.750 bits per heavy atom. The van der Waals surface area contributed by atoms with Crippen molar-refractivity contribution in [2.75, 3.05) is 0 Å². The van der Waals surface area contributed by atoms with Crippen LogP contribution in [0.5, 0.6) is 0 Å². The van der Waals surface area contributed by atoms with Gasteiger partial charge in [0.05, 0.1) is 0 Å². The van der Waals surface area contributed by atoms with E-state index < -0.39 is 60.2 Å². The van der Waals surface area contributed by atoms with Gasteiger partial charge in [-0.25, -0.2) is 4.18 Å². The van der Waals surface area contributed by atoms with Crippen LogP contribution in [0.1, 0.15) is 34.6 Å². The molecule has 0 radical (unpaired) electrons. The van der Waals surface area contributed by atoms with E-state index in [4.69, 9.17) is 58.4 Å². The van der Waals surface area contributed by atoms with Crippen LogP contribution >= 0.6 is 12.0 Å². The normalized spacial score (nSPS) is 21.9. The van der Waals surface area contributed by atoms with Gasteiger partial charge >= 0.3 is 5.97 Å². The van der Waals surface area contributed by atoms with E-state index in [1.165, 1.54) is 0 Å². The van der Waals surface area contributed by atoms with Crippen molar-refractivity contribution in [2.24, 2.45) is 0 Å². The Labute approximate surface area is 232 Å². The first kappa shape index (κ1) is 43.4. The number of hydrogen-bond donors (Lipinski definition) is 9. The summed E-state index contributed by atoms with van der Waals surface area (Å²) in [7, 11) is 0. The van der Waals surface area contributed by atoms with Gasteiger partial charge in [0.25, 0.3) is 29.8 Å². The molecule has 0 aromatic heterocycles. The van der Waals surface area contributed by atoms with Crippen molar-refractivity contribution in [3.05, 3.63) is 30.3 Å². The highest BCUT2D eigenvalue weighted by Crippen LogP contribution is 2.34. The van der Waals surface area contributed by atoms with Crippen molar-refractivity contribution in [1.29, 1.82) is 0 Å². The van der Waals surface area contributed by atoms with Gasteiger partial charge in [-0.3, -0.25) is 24.0 Å². The van der Waals surface area contributed by atoms with Crippen molar-refractivity contribution < 1.29 is 83.6 Å². The first-order valence-electron chi connectivity index (χ1n) is 10.4. The Bertz CT molecular complexity index is 805. The number of carbonyl (C=O) groups excluding carboxylic acids is 1. The highest BCUT2D eigenvalue weighted by molar-refractivity contribution is 7.94. The van der Waals surface area contributed by atoms with E-state index in [0.717, 1.165) is 34.6 Å². The van der Waals surface area contributed by atoms with E-state index >= 15 is 0 Å². The predicted octanol–water partition coefficient (Wildman–Crippen LogP) is -0.509. The molecular weight excluding hydrogens is 568 g/mol. The largest absolute Gasteiger partial charge is 0.481 e. The smallest absolute Gasteiger partial charge is 0.322 e. The summed E-state index contributed by atoms with van der Waals surface area (Å²) < 4.78 is 9.81. The second-order valence-corrected chi connectivity index (χ2v) is 7.65. The molecule has 18 heteroatoms. The molecule has 1 heterocycles. The molecule has 1 aromatic carbocycles. The van der Waals surface area contributed by atoms with Gasteiger partial charge in [-0.1, -0.05) is 18.2 Å². The Balaban J connectivity index is -0.000000264. The van der Waals surface area contributed by atoms with Crippen LogP contribution in [0.4, 0.5) is 0 Å². The van der Waals surface area contributed by atoms with E-state index in [-0.39, 0.29) is 6.29 Å². The molecule has 0 spiro atoms. The summed E-state index contributed by atoms with van der Waals surface area (Å²) in [6.45, 7) is 5.42. The molecular formula is C22H34O17S. The van der Waals surface area contributed by atoms with Crippen LogP contribution in [0.3, 0.4) is 0 Å². The third kappa shape index (κ3) is 30.6. The van der Waals surface area contributed by atoms with Crippen LogP contribution in [0.2, 0.25) is 0 Å². The number of rotatable bonds is 4. The van der Waals surface area contributed by atoms with Gasteiger partial charge in [0.2, 0.25) is 0 Å². The minimum Gasteiger partial charge on any atom is -0.481 e. The maximum Gasteiger partial charge on any atom is 0.322 e. The van der Waals surface area contributed by atoms with E-state index in [1.807, 2.05) is 0 Å². The lowest BCUT2D eigenvalue weighted by molar-refractivity contribution is -0.409. The molecule has 0 amide bonds. The number of carboxylic acid groups (broad SMARTS) is 5. The number of hydrogen-bond acceptors (Lipinski definition) is 13. The lowest BCUT2D eigenvalue weighted by Gasteiger charge is -2.42. The van der Waals surface area contributed by atoms with Gasteiger partial charge in [0.15, 0.2) is 12.4 Å². The molecule has 40 heavy (non-hydrogen) atoms. The summed E-state index contributed by atoms with van der Waals surface area (Å²) in [4.78, 5) is 56.3. The van der Waals surface area contributed by atoms with Crippen molar-refractivity contribution in [3.8, 4) is 0 Å². The van der Waals surface area contributed by atoms with E-state index in [9.17, 15) is 25.2 Å². The predicted molar refractivity (Wildman–Crippen MR) is 134 cm³/mol. The quantitative estimate of drug-likeness (QED) is 0.119. The monoisotopic (exact) mass is 602 g/mol. The number of benzene rings is 1. The van der Waals surface area contributed by atoms with Crippen molar-refractivity contribution in [3.63, 3.8) is 0 Å². The Kier molecular flexibility index (Phi) is 26.5. The van der Waals surface area contributed by atoms with Crippen LogP contribution in [0.25, 0.3) is 0 Å². The highest BCUT2D eigenvalue weighted by Gasteiger charge is 2.54. The number of aldehydes is 1. The fourth-order valence-electron chi connectivity index (χ4n) is 1.69. The molecule has 17 nitrogen and oxygen atoms in total. The zero-order valence-electron chi connectivity index (χ0n) is 22.0. The van der Waals surface area contributed by atoms with Crippen molar-refractivity contribution in [2.45, 2.75) is 69.9 Å². The maximum absolute atomic E-state index is 10.7. The minimum atomic E-state index is -2.61. The number of carbonyl (C=O) groups is 6. The molecule has 1 fully saturated rings. The molecule has 5 atom stereocenters. The Hall–Kier alpha value is -3.65. The van der Waals surface area contributed by atoms with Crippen molar-refractivity contribution >= 4 is 48.2 Å². The number of ether oxygens (including phenoxy) is 1. The average Bonchev–Trinajstić information content (AvgIpc) is 2.78. The van der Waals surface area contributed by atoms with E-state index in [1.54, 1.807) is 30.3 Å². The molecule has 0 saturated carbocycles. The summed E-state index contributed by atoms with van der Waals surface area (Å²) >= 11 is 0.702. The third-order valence-corrected chi connectivity index (χ3v) is 3.61. The number of aliphatic hydroxyl groups is 4. The summed E-state index contributed by atoms with van der Waals surface area (Å²) in [5, 5.41) is 75.9. The SMILES string of the molecule is CC(=O)O.CC(=O)O.CC(=O)O.CC(=O)O.CC(=O)O.O=C[C@H]1O[C@@](O)(OSc2ccccc2)[C@H](O)[C@@H](O)[C@@H]1O. The van der Waals surface area contributed by atoms with Gasteiger partial charge in [0.1, 0.15) is 18.3 Å². The van der Waals surface area contributed by atoms with Gasteiger partial charge < -0.3 is 55.5 Å². The zero-order valence-corrected chi connectivity index (χ0v) is 22.8. The van der Waals surface area contributed by atoms with Crippen LogP contribution in [-0.2, 0) is 37.7 Å². The summed E-state index contributed by atoms with van der Waals surface area (Å²) in [5.74, 6) is -6.77. The molecule has 0 unspecified atom stereocenters. The second kappa shape index (κ2) is 24.4. The van der Waals surface area contributed by atoms with E-state index in [2.05, 4.69) is 0 Å². The van der Waals surface area contributed by atoms with Crippen LogP contribution < -0.4 is 0 Å². The summed E-state index contributed by atoms with van der Waals surface area (Å²) in [6, 6.07) is 8.63. The number of carboxylic acids is 5. The molecule has 1 aliphatic heterocycles. The van der Waals surface area contributed by atoms with E-state index in [0.29, 0.717) is 16.9 Å². The molecule has 0 aliphatic carbocycles. The number of aliphatic carboxylic acids is 5. The first-order chi connectivity index (χ1) is 18.1. The van der Waals surface area contributed by atoms with Crippen LogP contribution in [0, 0.1) is 0 Å². The van der Waals surface area contributed by atoms with Crippen molar-refractivity contribution in [1.82, 2.24) is 0 Å². The fourth-order valence-corrected chi connectivity index (χ4v) is 2.31. The molecule has 0 bridgehead atoms. The maximum atomic E-state index is 10.7. The van der Waals surface area contributed by atoms with Gasteiger partial charge in [-0.2, -0.15) is 0 Å². The Morgan fingerprint density at radius 3 is 1.38 bits per heavy atom. The van der Waals surface area contributed by atoms with Gasteiger partial charge in [-0.15, -0.1) is 0 Å². The third-order valence-electron chi connectivity index (χ3n) is 2.82. The second-order valence-electron chi connectivity index (χ2n) is 6.85. The fraction of sp³-hybridized carbons (Fsp3) is 0.455. The minimum absolute atomic E-state index is 0.210.